The minimum Gasteiger partial charge on any atom is -0.369 e. The summed E-state index contributed by atoms with van der Waals surface area (Å²) in [5.74, 6) is 2.08. The molecule has 3 aromatic rings. The van der Waals surface area contributed by atoms with Crippen molar-refractivity contribution in [3.05, 3.63) is 59.0 Å². The van der Waals surface area contributed by atoms with Crippen LogP contribution in [0.5, 0.6) is 0 Å². The van der Waals surface area contributed by atoms with E-state index in [0.29, 0.717) is 11.7 Å². The van der Waals surface area contributed by atoms with Crippen LogP contribution in [0.4, 0.5) is 5.82 Å². The van der Waals surface area contributed by atoms with Gasteiger partial charge in [-0.3, -0.25) is 4.40 Å². The minimum absolute atomic E-state index is 0.283. The van der Waals surface area contributed by atoms with Crippen LogP contribution in [0.2, 0.25) is 0 Å². The lowest BCUT2D eigenvalue weighted by molar-refractivity contribution is 0.421. The smallest absolute Gasteiger partial charge is 0.180 e. The van der Waals surface area contributed by atoms with E-state index in [1.807, 2.05) is 22.9 Å². The Hall–Kier alpha value is -2.94. The third kappa shape index (κ3) is 3.54. The second kappa shape index (κ2) is 7.71. The van der Waals surface area contributed by atoms with Gasteiger partial charge in [0.2, 0.25) is 0 Å². The van der Waals surface area contributed by atoms with Gasteiger partial charge >= 0.3 is 0 Å². The number of hydrogen-bond acceptors (Lipinski definition) is 7. The summed E-state index contributed by atoms with van der Waals surface area (Å²) in [6, 6.07) is 1.97. The Balaban J connectivity index is 1.39. The number of halogens is 1. The monoisotopic (exact) mass is 466 g/mol. The van der Waals surface area contributed by atoms with Gasteiger partial charge in [0.25, 0.3) is 0 Å². The van der Waals surface area contributed by atoms with Crippen molar-refractivity contribution in [2.45, 2.75) is 26.4 Å². The summed E-state index contributed by atoms with van der Waals surface area (Å²) in [7, 11) is 0. The number of nitrogens with zero attached hydrogens (tertiary/aromatic N) is 6. The summed E-state index contributed by atoms with van der Waals surface area (Å²) >= 11 is 3.42. The molecule has 0 aliphatic carbocycles. The summed E-state index contributed by atoms with van der Waals surface area (Å²) in [5.41, 5.74) is 4.07. The Labute approximate surface area is 183 Å². The van der Waals surface area contributed by atoms with E-state index in [1.54, 1.807) is 12.4 Å². The van der Waals surface area contributed by atoms with Gasteiger partial charge in [-0.2, -0.15) is 0 Å². The fourth-order valence-electron chi connectivity index (χ4n) is 3.78. The van der Waals surface area contributed by atoms with Crippen LogP contribution < -0.4 is 15.5 Å². The van der Waals surface area contributed by atoms with Crippen molar-refractivity contribution < 1.29 is 0 Å². The highest BCUT2D eigenvalue weighted by Gasteiger charge is 2.24. The first-order valence-electron chi connectivity index (χ1n) is 10.1. The number of imidazole rings is 1. The minimum atomic E-state index is 0.283. The molecule has 0 spiro atoms. The third-order valence-electron chi connectivity index (χ3n) is 5.44. The molecule has 0 fully saturated rings. The Bertz CT molecular complexity index is 1150. The largest absolute Gasteiger partial charge is 0.369 e. The Kier molecular flexibility index (Phi) is 4.90. The highest BCUT2D eigenvalue weighted by Crippen LogP contribution is 2.25. The van der Waals surface area contributed by atoms with E-state index < -0.39 is 0 Å². The third-order valence-corrected chi connectivity index (χ3v) is 5.85. The molecule has 0 bridgehead atoms. The van der Waals surface area contributed by atoms with Crippen molar-refractivity contribution in [3.8, 4) is 11.5 Å². The van der Waals surface area contributed by atoms with Gasteiger partial charge in [0, 0.05) is 31.7 Å². The van der Waals surface area contributed by atoms with Gasteiger partial charge in [-0.25, -0.2) is 19.9 Å². The summed E-state index contributed by atoms with van der Waals surface area (Å²) in [5, 5.41) is 7.02. The van der Waals surface area contributed by atoms with Crippen molar-refractivity contribution in [3.63, 3.8) is 0 Å². The fourth-order valence-corrected chi connectivity index (χ4v) is 4.09. The van der Waals surface area contributed by atoms with E-state index in [-0.39, 0.29) is 6.17 Å². The molecule has 3 aromatic heterocycles. The molecule has 0 radical (unpaired) electrons. The molecule has 5 rings (SSSR count). The maximum atomic E-state index is 4.86. The normalized spacial score (nSPS) is 18.9. The number of fused-ring (bicyclic) bond motifs is 1. The highest BCUT2D eigenvalue weighted by molar-refractivity contribution is 9.10. The zero-order valence-corrected chi connectivity index (χ0v) is 18.5. The van der Waals surface area contributed by atoms with Gasteiger partial charge in [0.05, 0.1) is 24.3 Å². The first-order valence-corrected chi connectivity index (χ1v) is 10.9. The van der Waals surface area contributed by atoms with Gasteiger partial charge in [-0.05, 0) is 39.9 Å². The molecule has 1 unspecified atom stereocenters. The van der Waals surface area contributed by atoms with Crippen molar-refractivity contribution in [2.75, 3.05) is 18.0 Å². The number of aromatic nitrogens is 5. The predicted octanol–water partition coefficient (Wildman–Crippen LogP) is 3.10. The maximum Gasteiger partial charge on any atom is 0.180 e. The average molecular weight is 467 g/mol. The van der Waals surface area contributed by atoms with Gasteiger partial charge < -0.3 is 15.5 Å². The van der Waals surface area contributed by atoms with E-state index in [0.717, 1.165) is 41.3 Å². The first-order chi connectivity index (χ1) is 14.6. The number of rotatable bonds is 4. The van der Waals surface area contributed by atoms with Gasteiger partial charge in [-0.1, -0.05) is 19.9 Å². The van der Waals surface area contributed by atoms with Crippen LogP contribution in [0.25, 0.3) is 17.2 Å². The molecule has 2 aliphatic rings. The van der Waals surface area contributed by atoms with E-state index in [1.165, 1.54) is 11.3 Å². The Morgan fingerprint density at radius 3 is 2.93 bits per heavy atom. The number of anilines is 1. The maximum absolute atomic E-state index is 4.86. The van der Waals surface area contributed by atoms with Crippen LogP contribution in [-0.2, 0) is 0 Å². The van der Waals surface area contributed by atoms with Gasteiger partial charge in [0.15, 0.2) is 11.5 Å². The average Bonchev–Trinajstić information content (AvgIpc) is 3.41. The van der Waals surface area contributed by atoms with E-state index in [9.17, 15) is 0 Å². The van der Waals surface area contributed by atoms with E-state index in [2.05, 4.69) is 72.5 Å². The molecule has 2 N–H and O–H groups in total. The molecule has 2 aliphatic heterocycles. The molecule has 9 heteroatoms. The lowest BCUT2D eigenvalue weighted by atomic mass is 10.1. The first kappa shape index (κ1) is 19.0. The number of hydrogen-bond donors (Lipinski definition) is 2. The molecular formula is C21H23BrN8. The Morgan fingerprint density at radius 2 is 2.10 bits per heavy atom. The molecule has 1 atom stereocenters. The Morgan fingerprint density at radius 1 is 1.20 bits per heavy atom. The van der Waals surface area contributed by atoms with Crippen LogP contribution in [0.3, 0.4) is 0 Å². The second-order valence-corrected chi connectivity index (χ2v) is 8.66. The van der Waals surface area contributed by atoms with Crippen molar-refractivity contribution >= 4 is 27.4 Å². The lowest BCUT2D eigenvalue weighted by Crippen LogP contribution is -2.38. The van der Waals surface area contributed by atoms with E-state index in [4.69, 9.17) is 4.98 Å². The van der Waals surface area contributed by atoms with Gasteiger partial charge in [-0.15, -0.1) is 0 Å². The summed E-state index contributed by atoms with van der Waals surface area (Å²) in [6.45, 7) is 6.15. The van der Waals surface area contributed by atoms with Crippen molar-refractivity contribution in [1.29, 1.82) is 0 Å². The van der Waals surface area contributed by atoms with Crippen molar-refractivity contribution in [1.82, 2.24) is 35.0 Å². The lowest BCUT2D eigenvalue weighted by Gasteiger charge is -2.29. The van der Waals surface area contributed by atoms with Crippen LogP contribution in [-0.4, -0.2) is 43.6 Å². The molecule has 0 saturated carbocycles. The summed E-state index contributed by atoms with van der Waals surface area (Å²) in [4.78, 5) is 20.3. The van der Waals surface area contributed by atoms with Crippen LogP contribution in [0.1, 0.15) is 20.3 Å². The molecule has 30 heavy (non-hydrogen) atoms. The molecule has 5 heterocycles. The van der Waals surface area contributed by atoms with Crippen molar-refractivity contribution in [2.24, 2.45) is 5.92 Å². The molecular weight excluding hydrogens is 444 g/mol. The van der Waals surface area contributed by atoms with E-state index >= 15 is 0 Å². The zero-order valence-electron chi connectivity index (χ0n) is 16.9. The summed E-state index contributed by atoms with van der Waals surface area (Å²) < 4.78 is 2.68. The highest BCUT2D eigenvalue weighted by atomic mass is 79.9. The van der Waals surface area contributed by atoms with Gasteiger partial charge in [0.1, 0.15) is 16.1 Å². The van der Waals surface area contributed by atoms with Crippen LogP contribution in [0, 0.1) is 5.92 Å². The quantitative estimate of drug-likeness (QED) is 0.610. The molecule has 0 aromatic carbocycles. The van der Waals surface area contributed by atoms with Crippen LogP contribution >= 0.6 is 15.9 Å². The fraction of sp³-hybridized carbons (Fsp3) is 0.333. The second-order valence-electron chi connectivity index (χ2n) is 7.85. The number of nitrogens with one attached hydrogen (secondary N) is 2. The summed E-state index contributed by atoms with van der Waals surface area (Å²) in [6.07, 6.45) is 12.9. The topological polar surface area (TPSA) is 83.3 Å². The predicted molar refractivity (Wildman–Crippen MR) is 120 cm³/mol. The zero-order chi connectivity index (χ0) is 20.7. The van der Waals surface area contributed by atoms with Crippen LogP contribution in [0.15, 0.2) is 59.0 Å². The molecule has 0 amide bonds. The standard InChI is InChI=1S/C21H23BrN8/c1-13(2)20-26-8-15(27-20)14-4-3-7-29(11-14)18-5-6-23-21(28-18)16-9-25-19-10-24-17(22)12-30(16)19/h4-6,8-10,12-13,20,26-27H,3,7,11H2,1-2H3. The molecule has 0 saturated heterocycles. The molecule has 154 valence electrons. The molecule has 8 nitrogen and oxygen atoms in total. The SMILES string of the molecule is CC(C)C1NC=C(C2=CCCN(c3ccnc(-c4cnc5cnc(Br)cn45)n3)C2)N1.